The first-order chi connectivity index (χ1) is 7.68. The summed E-state index contributed by atoms with van der Waals surface area (Å²) in [6.45, 7) is 0. The largest absolute Gasteiger partial charge is 0.478 e. The first-order valence-corrected chi connectivity index (χ1v) is 5.29. The van der Waals surface area contributed by atoms with E-state index < -0.39 is 5.97 Å². The number of nitrogen functional groups attached to an aromatic ring is 1. The number of carboxylic acids is 1. The third-order valence-electron chi connectivity index (χ3n) is 1.95. The van der Waals surface area contributed by atoms with Crippen LogP contribution in [0, 0.1) is 0 Å². The molecule has 16 heavy (non-hydrogen) atoms. The minimum absolute atomic E-state index is 0.182. The Bertz CT molecular complexity index is 511. The first kappa shape index (κ1) is 10.6. The van der Waals surface area contributed by atoms with Crippen molar-refractivity contribution < 1.29 is 9.90 Å². The van der Waals surface area contributed by atoms with Gasteiger partial charge >= 0.3 is 5.97 Å². The molecule has 4 N–H and O–H groups in total. The van der Waals surface area contributed by atoms with E-state index in [-0.39, 0.29) is 5.56 Å². The highest BCUT2D eigenvalue weighted by molar-refractivity contribution is 7.99. The van der Waals surface area contributed by atoms with Crippen LogP contribution in [0.5, 0.6) is 0 Å². The fourth-order valence-electron chi connectivity index (χ4n) is 1.24. The Morgan fingerprint density at radius 3 is 2.94 bits per heavy atom. The van der Waals surface area contributed by atoms with Crippen molar-refractivity contribution in [2.24, 2.45) is 0 Å². The third-order valence-corrected chi connectivity index (χ3v) is 3.02. The van der Waals surface area contributed by atoms with Crippen LogP contribution >= 0.6 is 11.8 Å². The molecule has 2 aromatic rings. The number of nitrogens with two attached hydrogens (primary N) is 1. The van der Waals surface area contributed by atoms with Crippen LogP contribution in [0.4, 0.5) is 5.69 Å². The Labute approximate surface area is 95.7 Å². The molecule has 0 amide bonds. The van der Waals surface area contributed by atoms with Gasteiger partial charge in [-0.15, -0.1) is 0 Å². The Morgan fingerprint density at radius 2 is 2.31 bits per heavy atom. The van der Waals surface area contributed by atoms with Gasteiger partial charge in [0.1, 0.15) is 0 Å². The lowest BCUT2D eigenvalue weighted by atomic mass is 10.2. The predicted octanol–water partition coefficient (Wildman–Crippen LogP) is 1.84. The highest BCUT2D eigenvalue weighted by atomic mass is 32.2. The van der Waals surface area contributed by atoms with Crippen molar-refractivity contribution in [2.45, 2.75) is 10.1 Å². The van der Waals surface area contributed by atoms with Gasteiger partial charge in [-0.25, -0.2) is 9.78 Å². The van der Waals surface area contributed by atoms with Crippen LogP contribution in [0.15, 0.2) is 40.6 Å². The van der Waals surface area contributed by atoms with Crippen molar-refractivity contribution in [1.29, 1.82) is 0 Å². The number of aromatic nitrogens is 2. The number of carbonyl (C=O) groups is 1. The number of hydrogen-bond donors (Lipinski definition) is 3. The molecule has 0 spiro atoms. The Balaban J connectivity index is 2.42. The maximum absolute atomic E-state index is 11.0. The van der Waals surface area contributed by atoms with E-state index in [1.54, 1.807) is 24.5 Å². The first-order valence-electron chi connectivity index (χ1n) is 4.47. The number of imidazole rings is 1. The van der Waals surface area contributed by atoms with Gasteiger partial charge in [-0.1, -0.05) is 6.07 Å². The van der Waals surface area contributed by atoms with Crippen molar-refractivity contribution in [3.8, 4) is 0 Å². The molecule has 1 aromatic heterocycles. The lowest BCUT2D eigenvalue weighted by molar-refractivity contribution is 0.0693. The van der Waals surface area contributed by atoms with E-state index in [0.717, 1.165) is 0 Å². The van der Waals surface area contributed by atoms with Crippen LogP contribution in [-0.2, 0) is 0 Å². The Kier molecular flexibility index (Phi) is 2.82. The second-order valence-electron chi connectivity index (χ2n) is 3.03. The molecule has 0 aliphatic heterocycles. The van der Waals surface area contributed by atoms with Gasteiger partial charge in [0.15, 0.2) is 5.16 Å². The van der Waals surface area contributed by atoms with E-state index in [9.17, 15) is 4.79 Å². The van der Waals surface area contributed by atoms with Crippen molar-refractivity contribution in [3.63, 3.8) is 0 Å². The Morgan fingerprint density at radius 1 is 1.50 bits per heavy atom. The molecule has 5 nitrogen and oxygen atoms in total. The molecule has 1 heterocycles. The van der Waals surface area contributed by atoms with Crippen LogP contribution in [0.25, 0.3) is 0 Å². The summed E-state index contributed by atoms with van der Waals surface area (Å²) in [6.07, 6.45) is 3.27. The number of aromatic amines is 1. The zero-order valence-corrected chi connectivity index (χ0v) is 8.99. The average molecular weight is 235 g/mol. The van der Waals surface area contributed by atoms with Gasteiger partial charge in [-0.05, 0) is 23.9 Å². The van der Waals surface area contributed by atoms with Gasteiger partial charge in [0, 0.05) is 18.1 Å². The fourth-order valence-corrected chi connectivity index (χ4v) is 2.13. The fraction of sp³-hybridized carbons (Fsp3) is 0. The number of rotatable bonds is 3. The molecule has 2 rings (SSSR count). The van der Waals surface area contributed by atoms with Crippen molar-refractivity contribution in [1.82, 2.24) is 9.97 Å². The SMILES string of the molecule is Nc1cccc(C(=O)O)c1Sc1ncc[nH]1. The summed E-state index contributed by atoms with van der Waals surface area (Å²) in [5, 5.41) is 9.63. The number of hydrogen-bond acceptors (Lipinski definition) is 4. The standard InChI is InChI=1S/C10H9N3O2S/c11-7-3-1-2-6(9(14)15)8(7)16-10-12-4-5-13-10/h1-5H,11H2,(H,12,13)(H,14,15). The third kappa shape index (κ3) is 2.01. The van der Waals surface area contributed by atoms with E-state index in [2.05, 4.69) is 9.97 Å². The van der Waals surface area contributed by atoms with E-state index >= 15 is 0 Å². The summed E-state index contributed by atoms with van der Waals surface area (Å²) in [6, 6.07) is 4.80. The van der Waals surface area contributed by atoms with Crippen LogP contribution in [0.1, 0.15) is 10.4 Å². The summed E-state index contributed by atoms with van der Waals surface area (Å²) < 4.78 is 0. The van der Waals surface area contributed by atoms with Crippen molar-refractivity contribution in [3.05, 3.63) is 36.2 Å². The highest BCUT2D eigenvalue weighted by Gasteiger charge is 2.14. The van der Waals surface area contributed by atoms with Crippen LogP contribution in [0.3, 0.4) is 0 Å². The van der Waals surface area contributed by atoms with Crippen LogP contribution in [0.2, 0.25) is 0 Å². The Hall–Kier alpha value is -1.95. The second-order valence-corrected chi connectivity index (χ2v) is 4.02. The molecular formula is C10H9N3O2S. The molecule has 0 radical (unpaired) electrons. The summed E-state index contributed by atoms with van der Waals surface area (Å²) in [5.41, 5.74) is 6.36. The predicted molar refractivity (Wildman–Crippen MR) is 60.5 cm³/mol. The molecule has 0 saturated heterocycles. The topological polar surface area (TPSA) is 92.0 Å². The van der Waals surface area contributed by atoms with Gasteiger partial charge < -0.3 is 15.8 Å². The van der Waals surface area contributed by atoms with Crippen LogP contribution < -0.4 is 5.73 Å². The molecule has 0 saturated carbocycles. The molecule has 0 aliphatic carbocycles. The minimum Gasteiger partial charge on any atom is -0.478 e. The van der Waals surface area contributed by atoms with E-state index in [1.165, 1.54) is 17.8 Å². The van der Waals surface area contributed by atoms with Gasteiger partial charge in [-0.3, -0.25) is 0 Å². The number of benzene rings is 1. The molecule has 0 fully saturated rings. The number of nitrogens with one attached hydrogen (secondary N) is 1. The smallest absolute Gasteiger partial charge is 0.336 e. The normalized spacial score (nSPS) is 10.2. The zero-order chi connectivity index (χ0) is 11.5. The molecule has 0 aliphatic rings. The van der Waals surface area contributed by atoms with E-state index in [1.807, 2.05) is 0 Å². The van der Waals surface area contributed by atoms with Crippen molar-refractivity contribution >= 4 is 23.4 Å². The number of nitrogens with zero attached hydrogens (tertiary/aromatic N) is 1. The quantitative estimate of drug-likeness (QED) is 0.706. The minimum atomic E-state index is -0.999. The molecule has 1 aromatic carbocycles. The molecule has 6 heteroatoms. The maximum Gasteiger partial charge on any atom is 0.336 e. The summed E-state index contributed by atoms with van der Waals surface area (Å²) in [5.74, 6) is -0.999. The van der Waals surface area contributed by atoms with E-state index in [4.69, 9.17) is 10.8 Å². The summed E-state index contributed by atoms with van der Waals surface area (Å²) >= 11 is 1.20. The monoisotopic (exact) mass is 235 g/mol. The lowest BCUT2D eigenvalue weighted by Crippen LogP contribution is -2.01. The molecule has 0 bridgehead atoms. The summed E-state index contributed by atoms with van der Waals surface area (Å²) in [7, 11) is 0. The van der Waals surface area contributed by atoms with Crippen LogP contribution in [-0.4, -0.2) is 21.0 Å². The van der Waals surface area contributed by atoms with Gasteiger partial charge in [0.2, 0.25) is 0 Å². The number of carboxylic acid groups (broad SMARTS) is 1. The van der Waals surface area contributed by atoms with E-state index in [0.29, 0.717) is 15.7 Å². The molecule has 0 unspecified atom stereocenters. The number of anilines is 1. The maximum atomic E-state index is 11.0. The molecule has 82 valence electrons. The van der Waals surface area contributed by atoms with Gasteiger partial charge in [0.05, 0.1) is 10.5 Å². The number of H-pyrrole nitrogens is 1. The highest BCUT2D eigenvalue weighted by Crippen LogP contribution is 2.32. The van der Waals surface area contributed by atoms with Gasteiger partial charge in [-0.2, -0.15) is 0 Å². The second kappa shape index (κ2) is 4.28. The molecular weight excluding hydrogens is 226 g/mol. The molecule has 0 atom stereocenters. The zero-order valence-electron chi connectivity index (χ0n) is 8.18. The lowest BCUT2D eigenvalue weighted by Gasteiger charge is -2.06. The van der Waals surface area contributed by atoms with Gasteiger partial charge in [0.25, 0.3) is 0 Å². The van der Waals surface area contributed by atoms with Crippen molar-refractivity contribution in [2.75, 3.05) is 5.73 Å². The number of aromatic carboxylic acids is 1. The average Bonchev–Trinajstić information content (AvgIpc) is 2.73. The summed E-state index contributed by atoms with van der Waals surface area (Å²) in [4.78, 5) is 18.4.